The molecular weight excluding hydrogens is 365 g/mol. The minimum Gasteiger partial charge on any atom is -0.324 e. The predicted molar refractivity (Wildman–Crippen MR) is 117 cm³/mol. The molecule has 1 rings (SSSR count). The van der Waals surface area contributed by atoms with Crippen LogP contribution in [0.25, 0.3) is 0 Å². The number of amidine groups is 2. The number of allylic oxidation sites excluding steroid dienone is 4. The van der Waals surface area contributed by atoms with Gasteiger partial charge in [-0.2, -0.15) is 4.99 Å². The van der Waals surface area contributed by atoms with E-state index in [9.17, 15) is 0 Å². The summed E-state index contributed by atoms with van der Waals surface area (Å²) >= 11 is 12.5. The Labute approximate surface area is 169 Å². The summed E-state index contributed by atoms with van der Waals surface area (Å²) in [5.74, 6) is 1.36. The number of hydrogen-bond donors (Lipinski definition) is 1. The van der Waals surface area contributed by atoms with E-state index >= 15 is 0 Å². The predicted octanol–water partition coefficient (Wildman–Crippen LogP) is 6.65. The summed E-state index contributed by atoms with van der Waals surface area (Å²) in [5, 5.41) is 2.12. The summed E-state index contributed by atoms with van der Waals surface area (Å²) in [6.07, 6.45) is 6.41. The van der Waals surface area contributed by atoms with Crippen molar-refractivity contribution in [2.75, 3.05) is 0 Å². The average Bonchev–Trinajstić information content (AvgIpc) is 2.51. The lowest BCUT2D eigenvalue weighted by molar-refractivity contribution is 0.302. The van der Waals surface area contributed by atoms with Crippen molar-refractivity contribution in [3.63, 3.8) is 0 Å². The molecule has 0 saturated carbocycles. The Bertz CT molecular complexity index is 677. The maximum Gasteiger partial charge on any atom is 0.207 e. The molecule has 0 aromatic heterocycles. The van der Waals surface area contributed by atoms with E-state index in [0.717, 1.165) is 5.57 Å². The summed E-state index contributed by atoms with van der Waals surface area (Å²) in [7, 11) is 0. The van der Waals surface area contributed by atoms with Gasteiger partial charge in [0.15, 0.2) is 5.84 Å². The van der Waals surface area contributed by atoms with Gasteiger partial charge in [-0.15, -0.1) is 0 Å². The van der Waals surface area contributed by atoms with E-state index in [4.69, 9.17) is 23.2 Å². The molecule has 5 heteroatoms. The molecule has 146 valence electrons. The van der Waals surface area contributed by atoms with E-state index in [1.807, 2.05) is 13.0 Å². The maximum absolute atomic E-state index is 6.34. The highest BCUT2D eigenvalue weighted by molar-refractivity contribution is 6.66. The summed E-state index contributed by atoms with van der Waals surface area (Å²) in [6, 6.07) is 0. The molecular formula is C21H33Cl2N3. The van der Waals surface area contributed by atoms with Gasteiger partial charge in [0.05, 0.1) is 0 Å². The van der Waals surface area contributed by atoms with E-state index < -0.39 is 5.12 Å². The molecule has 1 aliphatic heterocycles. The molecule has 3 nitrogen and oxygen atoms in total. The standard InChI is InChI=1S/C21H33Cl2N3/c1-10-14(5)15(6)20(7,8)17(13(3)4)12-16(11-2)18-24-19(22)26-21(9,23)25-18/h10-13,15H,1-9H3,(H,24,25,26)/b14-10-,16-11+,17-12+/t15?,21-/m1/s1. The van der Waals surface area contributed by atoms with Gasteiger partial charge in [0, 0.05) is 5.57 Å². The lowest BCUT2D eigenvalue weighted by Gasteiger charge is -2.38. The van der Waals surface area contributed by atoms with Crippen LogP contribution in [-0.2, 0) is 0 Å². The molecule has 0 amide bonds. The molecule has 26 heavy (non-hydrogen) atoms. The Kier molecular flexibility index (Phi) is 7.74. The second kappa shape index (κ2) is 8.75. The average molecular weight is 398 g/mol. The molecule has 1 aliphatic rings. The van der Waals surface area contributed by atoms with Gasteiger partial charge < -0.3 is 5.32 Å². The van der Waals surface area contributed by atoms with Crippen LogP contribution in [0.2, 0.25) is 0 Å². The number of hydrogen-bond acceptors (Lipinski definition) is 3. The van der Waals surface area contributed by atoms with Gasteiger partial charge in [-0.05, 0) is 56.5 Å². The molecule has 0 aromatic rings. The Morgan fingerprint density at radius 2 is 1.77 bits per heavy atom. The molecule has 0 fully saturated rings. The quantitative estimate of drug-likeness (QED) is 0.231. The highest BCUT2D eigenvalue weighted by atomic mass is 35.5. The Hall–Kier alpha value is -1.06. The van der Waals surface area contributed by atoms with Gasteiger partial charge in [-0.1, -0.05) is 75.6 Å². The zero-order chi connectivity index (χ0) is 20.3. The monoisotopic (exact) mass is 397 g/mol. The van der Waals surface area contributed by atoms with Crippen molar-refractivity contribution in [2.24, 2.45) is 27.2 Å². The molecule has 0 saturated heterocycles. The van der Waals surface area contributed by atoms with E-state index in [-0.39, 0.29) is 10.7 Å². The molecule has 1 N–H and O–H groups in total. The van der Waals surface area contributed by atoms with Crippen molar-refractivity contribution < 1.29 is 0 Å². The van der Waals surface area contributed by atoms with Crippen molar-refractivity contribution >= 4 is 34.3 Å². The zero-order valence-electron chi connectivity index (χ0n) is 17.5. The number of rotatable bonds is 6. The second-order valence-corrected chi connectivity index (χ2v) is 8.98. The topological polar surface area (TPSA) is 36.8 Å². The number of aliphatic imine (C=N–C) groups is 2. The van der Waals surface area contributed by atoms with Crippen molar-refractivity contribution in [1.29, 1.82) is 0 Å². The van der Waals surface area contributed by atoms with Crippen LogP contribution in [0.3, 0.4) is 0 Å². The van der Waals surface area contributed by atoms with Gasteiger partial charge in [0.2, 0.25) is 10.4 Å². The fourth-order valence-corrected chi connectivity index (χ4v) is 3.78. The van der Waals surface area contributed by atoms with Crippen LogP contribution in [0.4, 0.5) is 0 Å². The van der Waals surface area contributed by atoms with Crippen molar-refractivity contribution in [3.8, 4) is 0 Å². The highest BCUT2D eigenvalue weighted by Crippen LogP contribution is 2.42. The van der Waals surface area contributed by atoms with Crippen LogP contribution < -0.4 is 5.32 Å². The van der Waals surface area contributed by atoms with E-state index in [2.05, 4.69) is 75.9 Å². The number of halogens is 2. The fourth-order valence-electron chi connectivity index (χ4n) is 3.30. The van der Waals surface area contributed by atoms with Crippen LogP contribution in [0.15, 0.2) is 44.9 Å². The number of nitrogens with zero attached hydrogens (tertiary/aromatic N) is 2. The first-order valence-electron chi connectivity index (χ1n) is 9.18. The Balaban J connectivity index is 3.44. The van der Waals surface area contributed by atoms with Crippen LogP contribution in [0.5, 0.6) is 0 Å². The first kappa shape index (κ1) is 23.0. The van der Waals surface area contributed by atoms with Crippen LogP contribution in [-0.4, -0.2) is 16.3 Å². The molecule has 0 aliphatic carbocycles. The lowest BCUT2D eigenvalue weighted by atomic mass is 9.67. The molecule has 1 unspecified atom stereocenters. The summed E-state index contributed by atoms with van der Waals surface area (Å²) in [5.41, 5.74) is 3.66. The van der Waals surface area contributed by atoms with Gasteiger partial charge >= 0.3 is 0 Å². The zero-order valence-corrected chi connectivity index (χ0v) is 19.0. The summed E-state index contributed by atoms with van der Waals surface area (Å²) in [4.78, 5) is 8.85. The largest absolute Gasteiger partial charge is 0.324 e. The summed E-state index contributed by atoms with van der Waals surface area (Å²) in [6.45, 7) is 19.4. The molecule has 1 heterocycles. The maximum atomic E-state index is 6.34. The Morgan fingerprint density at radius 1 is 1.19 bits per heavy atom. The van der Waals surface area contributed by atoms with Gasteiger partial charge in [-0.3, -0.25) is 0 Å². The first-order chi connectivity index (χ1) is 11.9. The van der Waals surface area contributed by atoms with Gasteiger partial charge in [-0.25, -0.2) is 4.99 Å². The Morgan fingerprint density at radius 3 is 2.19 bits per heavy atom. The fraction of sp³-hybridized carbons (Fsp3) is 0.619. The molecule has 2 atom stereocenters. The third-order valence-corrected chi connectivity index (χ3v) is 5.68. The van der Waals surface area contributed by atoms with Crippen molar-refractivity contribution in [3.05, 3.63) is 34.9 Å². The lowest BCUT2D eigenvalue weighted by Crippen LogP contribution is -2.41. The second-order valence-electron chi connectivity index (χ2n) is 7.89. The van der Waals surface area contributed by atoms with Crippen molar-refractivity contribution in [1.82, 2.24) is 5.32 Å². The van der Waals surface area contributed by atoms with Crippen LogP contribution in [0, 0.1) is 17.3 Å². The minimum atomic E-state index is -0.987. The smallest absolute Gasteiger partial charge is 0.207 e. The van der Waals surface area contributed by atoms with Crippen molar-refractivity contribution in [2.45, 2.75) is 67.4 Å². The first-order valence-corrected chi connectivity index (χ1v) is 9.94. The van der Waals surface area contributed by atoms with E-state index in [0.29, 0.717) is 17.7 Å². The molecule has 0 aromatic carbocycles. The third kappa shape index (κ3) is 5.47. The number of alkyl halides is 1. The van der Waals surface area contributed by atoms with Crippen LogP contribution >= 0.6 is 23.2 Å². The third-order valence-electron chi connectivity index (χ3n) is 5.32. The molecule has 0 bridgehead atoms. The SMILES string of the molecule is C/C=C(/C)C(C)C(C)(C)/C(=C/C(=C\C)C1=N[C@@](C)(Cl)NC(Cl)=N1)C(C)C. The van der Waals surface area contributed by atoms with Gasteiger partial charge in [0.25, 0.3) is 0 Å². The van der Waals surface area contributed by atoms with Crippen LogP contribution in [0.1, 0.15) is 62.3 Å². The van der Waals surface area contributed by atoms with Gasteiger partial charge in [0.1, 0.15) is 0 Å². The van der Waals surface area contributed by atoms with E-state index in [1.165, 1.54) is 11.1 Å². The molecule has 0 radical (unpaired) electrons. The highest BCUT2D eigenvalue weighted by Gasteiger charge is 2.33. The minimum absolute atomic E-state index is 0.00965. The normalized spacial score (nSPS) is 24.2. The summed E-state index contributed by atoms with van der Waals surface area (Å²) < 4.78 is 0. The van der Waals surface area contributed by atoms with E-state index in [1.54, 1.807) is 6.92 Å². The molecule has 0 spiro atoms. The number of nitrogens with one attached hydrogen (secondary N) is 1.